The molecule has 0 aliphatic heterocycles. The third kappa shape index (κ3) is 2.93. The van der Waals surface area contributed by atoms with E-state index in [1.807, 2.05) is 30.3 Å². The lowest BCUT2D eigenvalue weighted by Gasteiger charge is -2.03. The zero-order valence-electron chi connectivity index (χ0n) is 9.12. The zero-order valence-corrected chi connectivity index (χ0v) is 9.12. The highest BCUT2D eigenvalue weighted by Gasteiger charge is 2.00. The van der Waals surface area contributed by atoms with Gasteiger partial charge in [0.2, 0.25) is 0 Å². The maximum Gasteiger partial charge on any atom is 0.134 e. The molecular formula is C15H14F. The van der Waals surface area contributed by atoms with Crippen molar-refractivity contribution in [2.24, 2.45) is 0 Å². The van der Waals surface area contributed by atoms with E-state index in [0.717, 1.165) is 24.8 Å². The van der Waals surface area contributed by atoms with Crippen LogP contribution >= 0.6 is 0 Å². The molecule has 1 radical (unpaired) electrons. The van der Waals surface area contributed by atoms with Gasteiger partial charge in [-0.2, -0.15) is 0 Å². The standard InChI is InChI=1S/C15H14F/c16-15-12-5-4-10-14(15)11-6-9-13-7-2-1-3-8-13/h1-5,7-8,10H,6,9,11H2. The summed E-state index contributed by atoms with van der Waals surface area (Å²) >= 11 is 0. The predicted octanol–water partition coefficient (Wildman–Crippen LogP) is 3.80. The average Bonchev–Trinajstić information content (AvgIpc) is 2.33. The van der Waals surface area contributed by atoms with Gasteiger partial charge in [-0.05, 0) is 30.4 Å². The fourth-order valence-electron chi connectivity index (χ4n) is 1.77. The van der Waals surface area contributed by atoms with Crippen molar-refractivity contribution < 1.29 is 4.39 Å². The van der Waals surface area contributed by atoms with Gasteiger partial charge in [0.05, 0.1) is 0 Å². The molecule has 1 heteroatoms. The number of hydrogen-bond acceptors (Lipinski definition) is 0. The zero-order chi connectivity index (χ0) is 11.2. The summed E-state index contributed by atoms with van der Waals surface area (Å²) in [5.74, 6) is -0.212. The summed E-state index contributed by atoms with van der Waals surface area (Å²) in [5.41, 5.74) is 2.07. The van der Waals surface area contributed by atoms with E-state index in [1.165, 1.54) is 5.56 Å². The maximum absolute atomic E-state index is 13.3. The molecule has 0 saturated heterocycles. The molecular weight excluding hydrogens is 199 g/mol. The van der Waals surface area contributed by atoms with Gasteiger partial charge in [-0.25, -0.2) is 4.39 Å². The lowest BCUT2D eigenvalue weighted by Crippen LogP contribution is -1.93. The van der Waals surface area contributed by atoms with Crippen LogP contribution in [0.1, 0.15) is 17.5 Å². The molecule has 0 aromatic heterocycles. The van der Waals surface area contributed by atoms with Crippen LogP contribution in [-0.4, -0.2) is 0 Å². The molecule has 2 aromatic rings. The van der Waals surface area contributed by atoms with Crippen molar-refractivity contribution in [3.8, 4) is 0 Å². The quantitative estimate of drug-likeness (QED) is 0.724. The minimum atomic E-state index is -0.212. The molecule has 0 N–H and O–H groups in total. The normalized spacial score (nSPS) is 10.3. The third-order valence-corrected chi connectivity index (χ3v) is 2.64. The summed E-state index contributed by atoms with van der Waals surface area (Å²) < 4.78 is 13.3. The fourth-order valence-corrected chi connectivity index (χ4v) is 1.77. The van der Waals surface area contributed by atoms with Crippen molar-refractivity contribution in [1.29, 1.82) is 0 Å². The van der Waals surface area contributed by atoms with Crippen LogP contribution in [0.5, 0.6) is 0 Å². The molecule has 0 bridgehead atoms. The Labute approximate surface area is 95.7 Å². The summed E-state index contributed by atoms with van der Waals surface area (Å²) in [6.07, 6.45) is 2.74. The monoisotopic (exact) mass is 213 g/mol. The van der Waals surface area contributed by atoms with E-state index in [-0.39, 0.29) is 5.82 Å². The molecule has 2 aromatic carbocycles. The number of rotatable bonds is 4. The molecule has 0 saturated carbocycles. The van der Waals surface area contributed by atoms with Crippen LogP contribution in [0.25, 0.3) is 0 Å². The molecule has 0 unspecified atom stereocenters. The van der Waals surface area contributed by atoms with Crippen molar-refractivity contribution >= 4 is 0 Å². The lowest BCUT2D eigenvalue weighted by molar-refractivity contribution is 0.602. The van der Waals surface area contributed by atoms with Gasteiger partial charge in [-0.3, -0.25) is 0 Å². The fraction of sp³-hybridized carbons (Fsp3) is 0.200. The summed E-state index contributed by atoms with van der Waals surface area (Å²) in [5, 5.41) is 0. The number of aryl methyl sites for hydroxylation is 2. The Morgan fingerprint density at radius 3 is 2.50 bits per heavy atom. The van der Waals surface area contributed by atoms with Gasteiger partial charge >= 0.3 is 0 Å². The van der Waals surface area contributed by atoms with E-state index in [4.69, 9.17) is 0 Å². The first kappa shape index (κ1) is 10.9. The molecule has 81 valence electrons. The molecule has 0 atom stereocenters. The van der Waals surface area contributed by atoms with Gasteiger partial charge in [-0.1, -0.05) is 48.5 Å². The average molecular weight is 213 g/mol. The Bertz CT molecular complexity index is 434. The molecule has 0 fully saturated rings. The molecule has 0 aliphatic rings. The second kappa shape index (κ2) is 5.45. The van der Waals surface area contributed by atoms with Gasteiger partial charge in [0, 0.05) is 6.07 Å². The van der Waals surface area contributed by atoms with Crippen LogP contribution in [-0.2, 0) is 12.8 Å². The Morgan fingerprint density at radius 2 is 1.75 bits per heavy atom. The first-order chi connectivity index (χ1) is 7.86. The Morgan fingerprint density at radius 1 is 0.938 bits per heavy atom. The number of hydrogen-bond donors (Lipinski definition) is 0. The van der Waals surface area contributed by atoms with Crippen LogP contribution in [0.3, 0.4) is 0 Å². The Balaban J connectivity index is 1.87. The first-order valence-corrected chi connectivity index (χ1v) is 5.55. The van der Waals surface area contributed by atoms with Crippen molar-refractivity contribution in [2.75, 3.05) is 0 Å². The second-order valence-corrected chi connectivity index (χ2v) is 3.85. The minimum Gasteiger partial charge on any atom is -0.206 e. The van der Waals surface area contributed by atoms with Crippen LogP contribution in [0.2, 0.25) is 0 Å². The highest BCUT2D eigenvalue weighted by Crippen LogP contribution is 2.11. The lowest BCUT2D eigenvalue weighted by atomic mass is 10.0. The Kier molecular flexibility index (Phi) is 3.71. The van der Waals surface area contributed by atoms with Crippen LogP contribution in [0.15, 0.2) is 48.5 Å². The van der Waals surface area contributed by atoms with E-state index < -0.39 is 0 Å². The van der Waals surface area contributed by atoms with Gasteiger partial charge in [-0.15, -0.1) is 0 Å². The highest BCUT2D eigenvalue weighted by molar-refractivity contribution is 5.18. The van der Waals surface area contributed by atoms with E-state index in [2.05, 4.69) is 18.2 Å². The van der Waals surface area contributed by atoms with Crippen LogP contribution < -0.4 is 0 Å². The minimum absolute atomic E-state index is 0.212. The van der Waals surface area contributed by atoms with Crippen molar-refractivity contribution in [3.63, 3.8) is 0 Å². The largest absolute Gasteiger partial charge is 0.206 e. The van der Waals surface area contributed by atoms with E-state index >= 15 is 0 Å². The van der Waals surface area contributed by atoms with E-state index in [0.29, 0.717) is 0 Å². The van der Waals surface area contributed by atoms with Crippen molar-refractivity contribution in [1.82, 2.24) is 0 Å². The Hall–Kier alpha value is -1.63. The van der Waals surface area contributed by atoms with Crippen molar-refractivity contribution in [3.05, 3.63) is 71.5 Å². The molecule has 0 nitrogen and oxygen atoms in total. The third-order valence-electron chi connectivity index (χ3n) is 2.64. The summed E-state index contributed by atoms with van der Waals surface area (Å²) in [6, 6.07) is 18.1. The maximum atomic E-state index is 13.3. The smallest absolute Gasteiger partial charge is 0.134 e. The number of halogens is 1. The van der Waals surface area contributed by atoms with Crippen LogP contribution in [0, 0.1) is 11.9 Å². The van der Waals surface area contributed by atoms with E-state index in [9.17, 15) is 4.39 Å². The molecule has 0 amide bonds. The number of benzene rings is 2. The summed E-state index contributed by atoms with van der Waals surface area (Å²) in [7, 11) is 0. The summed E-state index contributed by atoms with van der Waals surface area (Å²) in [6.45, 7) is 0. The molecule has 0 heterocycles. The van der Waals surface area contributed by atoms with Gasteiger partial charge < -0.3 is 0 Å². The van der Waals surface area contributed by atoms with E-state index in [1.54, 1.807) is 6.07 Å². The molecule has 2 rings (SSSR count). The van der Waals surface area contributed by atoms with Gasteiger partial charge in [0.1, 0.15) is 5.82 Å². The SMILES string of the molecule is Fc1[c]cccc1CCCc1ccccc1. The summed E-state index contributed by atoms with van der Waals surface area (Å²) in [4.78, 5) is 0. The first-order valence-electron chi connectivity index (χ1n) is 5.55. The molecule has 0 aliphatic carbocycles. The molecule has 0 spiro atoms. The predicted molar refractivity (Wildman–Crippen MR) is 63.7 cm³/mol. The van der Waals surface area contributed by atoms with Crippen molar-refractivity contribution in [2.45, 2.75) is 19.3 Å². The topological polar surface area (TPSA) is 0 Å². The molecule has 16 heavy (non-hydrogen) atoms. The highest BCUT2D eigenvalue weighted by atomic mass is 19.1. The van der Waals surface area contributed by atoms with Crippen LogP contribution in [0.4, 0.5) is 4.39 Å². The second-order valence-electron chi connectivity index (χ2n) is 3.85. The van der Waals surface area contributed by atoms with Gasteiger partial charge in [0.25, 0.3) is 0 Å². The van der Waals surface area contributed by atoms with Gasteiger partial charge in [0.15, 0.2) is 0 Å².